The molecule has 1 aliphatic heterocycles. The van der Waals surface area contributed by atoms with Gasteiger partial charge in [0.25, 0.3) is 0 Å². The van der Waals surface area contributed by atoms with Crippen LogP contribution in [-0.4, -0.2) is 18.4 Å². The summed E-state index contributed by atoms with van der Waals surface area (Å²) < 4.78 is 0.829. The lowest BCUT2D eigenvalue weighted by Gasteiger charge is -2.20. The Morgan fingerprint density at radius 1 is 1.21 bits per heavy atom. The molecule has 1 N–H and O–H groups in total. The molecular weight excluding hydrogens is 368 g/mol. The second-order valence-corrected chi connectivity index (χ2v) is 6.71. The van der Waals surface area contributed by atoms with E-state index in [1.54, 1.807) is 4.90 Å². The van der Waals surface area contributed by atoms with Gasteiger partial charge in [-0.05, 0) is 46.1 Å². The molecule has 0 radical (unpaired) electrons. The summed E-state index contributed by atoms with van der Waals surface area (Å²) in [6.45, 7) is 2.49. The summed E-state index contributed by atoms with van der Waals surface area (Å²) in [7, 11) is 0. The normalized spacial score (nSPS) is 17.2. The molecular formula is C19H19BrN2O2. The van der Waals surface area contributed by atoms with Crippen LogP contribution in [0.25, 0.3) is 0 Å². The quantitative estimate of drug-likeness (QED) is 0.862. The molecule has 5 heteroatoms. The highest BCUT2D eigenvalue weighted by atomic mass is 79.9. The molecule has 2 aromatic carbocycles. The number of para-hydroxylation sites is 2. The molecule has 0 bridgehead atoms. The highest BCUT2D eigenvalue weighted by Crippen LogP contribution is 2.30. The van der Waals surface area contributed by atoms with Crippen molar-refractivity contribution in [2.24, 2.45) is 5.92 Å². The Balaban J connectivity index is 1.75. The number of hydrogen-bond acceptors (Lipinski definition) is 2. The SMILES string of the molecule is CCc1ccccc1N1C[C@H](C(=O)Nc2ccccc2Br)CC1=O. The topological polar surface area (TPSA) is 49.4 Å². The van der Waals surface area contributed by atoms with E-state index in [-0.39, 0.29) is 24.2 Å². The first-order valence-corrected chi connectivity index (χ1v) is 8.83. The zero-order valence-electron chi connectivity index (χ0n) is 13.5. The predicted molar refractivity (Wildman–Crippen MR) is 99.1 cm³/mol. The molecule has 2 amide bonds. The van der Waals surface area contributed by atoms with Crippen LogP contribution in [0.15, 0.2) is 53.0 Å². The molecule has 0 spiro atoms. The van der Waals surface area contributed by atoms with E-state index in [0.717, 1.165) is 27.8 Å². The average molecular weight is 387 g/mol. The molecule has 2 aromatic rings. The maximum Gasteiger partial charge on any atom is 0.229 e. The van der Waals surface area contributed by atoms with Gasteiger partial charge < -0.3 is 10.2 Å². The van der Waals surface area contributed by atoms with E-state index < -0.39 is 0 Å². The zero-order valence-corrected chi connectivity index (χ0v) is 15.0. The summed E-state index contributed by atoms with van der Waals surface area (Å²) in [6, 6.07) is 15.3. The molecule has 0 saturated carbocycles. The number of benzene rings is 2. The minimum atomic E-state index is -0.338. The molecule has 4 nitrogen and oxygen atoms in total. The lowest BCUT2D eigenvalue weighted by atomic mass is 10.1. The maximum atomic E-state index is 12.5. The van der Waals surface area contributed by atoms with Crippen LogP contribution in [0, 0.1) is 5.92 Å². The Bertz CT molecular complexity index is 775. The third-order valence-electron chi connectivity index (χ3n) is 4.29. The molecule has 24 heavy (non-hydrogen) atoms. The molecule has 124 valence electrons. The summed E-state index contributed by atoms with van der Waals surface area (Å²) in [5.74, 6) is -0.454. The first kappa shape index (κ1) is 16.7. The summed E-state index contributed by atoms with van der Waals surface area (Å²) in [6.07, 6.45) is 1.10. The molecule has 0 aromatic heterocycles. The molecule has 0 unspecified atom stereocenters. The third-order valence-corrected chi connectivity index (χ3v) is 4.98. The van der Waals surface area contributed by atoms with Gasteiger partial charge in [-0.2, -0.15) is 0 Å². The molecule has 0 aliphatic carbocycles. The lowest BCUT2D eigenvalue weighted by Crippen LogP contribution is -2.28. The van der Waals surface area contributed by atoms with E-state index in [0.29, 0.717) is 6.54 Å². The van der Waals surface area contributed by atoms with Gasteiger partial charge in [-0.25, -0.2) is 0 Å². The van der Waals surface area contributed by atoms with Gasteiger partial charge in [0.05, 0.1) is 11.6 Å². The lowest BCUT2D eigenvalue weighted by molar-refractivity contribution is -0.122. The van der Waals surface area contributed by atoms with E-state index in [1.807, 2.05) is 48.5 Å². The number of hydrogen-bond donors (Lipinski definition) is 1. The zero-order chi connectivity index (χ0) is 17.1. The van der Waals surface area contributed by atoms with Crippen molar-refractivity contribution in [3.63, 3.8) is 0 Å². The van der Waals surface area contributed by atoms with Crippen molar-refractivity contribution in [2.75, 3.05) is 16.8 Å². The molecule has 1 heterocycles. The highest BCUT2D eigenvalue weighted by Gasteiger charge is 2.35. The van der Waals surface area contributed by atoms with Gasteiger partial charge in [0.1, 0.15) is 0 Å². The highest BCUT2D eigenvalue weighted by molar-refractivity contribution is 9.10. The molecule has 1 atom stereocenters. The van der Waals surface area contributed by atoms with Crippen LogP contribution in [0.4, 0.5) is 11.4 Å². The van der Waals surface area contributed by atoms with E-state index in [1.165, 1.54) is 0 Å². The van der Waals surface area contributed by atoms with Gasteiger partial charge in [0.15, 0.2) is 0 Å². The van der Waals surface area contributed by atoms with Crippen molar-refractivity contribution in [1.82, 2.24) is 0 Å². The Labute approximate surface area is 150 Å². The fraction of sp³-hybridized carbons (Fsp3) is 0.263. The van der Waals surface area contributed by atoms with E-state index in [4.69, 9.17) is 0 Å². The molecule has 1 fully saturated rings. The van der Waals surface area contributed by atoms with Gasteiger partial charge in [0, 0.05) is 23.1 Å². The standard InChI is InChI=1S/C19H19BrN2O2/c1-2-13-7-3-6-10-17(13)22-12-14(11-18(22)23)19(24)21-16-9-5-4-8-15(16)20/h3-10,14H,2,11-12H2,1H3,(H,21,24)/t14-/m1/s1. The van der Waals surface area contributed by atoms with Gasteiger partial charge in [0.2, 0.25) is 11.8 Å². The first-order valence-electron chi connectivity index (χ1n) is 8.03. The fourth-order valence-electron chi connectivity index (χ4n) is 2.99. The number of rotatable bonds is 4. The maximum absolute atomic E-state index is 12.5. The van der Waals surface area contributed by atoms with Crippen LogP contribution in [0.2, 0.25) is 0 Å². The second-order valence-electron chi connectivity index (χ2n) is 5.86. The van der Waals surface area contributed by atoms with Crippen LogP contribution in [0.5, 0.6) is 0 Å². The molecule has 3 rings (SSSR count). The van der Waals surface area contributed by atoms with Gasteiger partial charge in [-0.15, -0.1) is 0 Å². The summed E-state index contributed by atoms with van der Waals surface area (Å²) in [5.41, 5.74) is 2.77. The van der Waals surface area contributed by atoms with Crippen LogP contribution in [-0.2, 0) is 16.0 Å². The van der Waals surface area contributed by atoms with Crippen LogP contribution in [0.1, 0.15) is 18.9 Å². The Hall–Kier alpha value is -2.14. The summed E-state index contributed by atoms with van der Waals surface area (Å²) in [5, 5.41) is 2.91. The minimum absolute atomic E-state index is 0.00294. The van der Waals surface area contributed by atoms with Gasteiger partial charge >= 0.3 is 0 Å². The fourth-order valence-corrected chi connectivity index (χ4v) is 3.37. The number of nitrogens with one attached hydrogen (secondary N) is 1. The van der Waals surface area contributed by atoms with E-state index in [2.05, 4.69) is 28.2 Å². The van der Waals surface area contributed by atoms with Crippen LogP contribution >= 0.6 is 15.9 Å². The number of halogens is 1. The number of aryl methyl sites for hydroxylation is 1. The van der Waals surface area contributed by atoms with Crippen molar-refractivity contribution in [3.05, 3.63) is 58.6 Å². The largest absolute Gasteiger partial charge is 0.325 e. The average Bonchev–Trinajstić information content (AvgIpc) is 2.98. The van der Waals surface area contributed by atoms with Crippen molar-refractivity contribution in [2.45, 2.75) is 19.8 Å². The van der Waals surface area contributed by atoms with Gasteiger partial charge in [-0.3, -0.25) is 9.59 Å². The minimum Gasteiger partial charge on any atom is -0.325 e. The summed E-state index contributed by atoms with van der Waals surface area (Å²) >= 11 is 3.42. The molecule has 1 saturated heterocycles. The first-order chi connectivity index (χ1) is 11.6. The Morgan fingerprint density at radius 2 is 1.92 bits per heavy atom. The Kier molecular flexibility index (Phi) is 5.00. The van der Waals surface area contributed by atoms with Gasteiger partial charge in [-0.1, -0.05) is 37.3 Å². The number of nitrogens with zero attached hydrogens (tertiary/aromatic N) is 1. The predicted octanol–water partition coefficient (Wildman–Crippen LogP) is 4.00. The summed E-state index contributed by atoms with van der Waals surface area (Å²) in [4.78, 5) is 26.7. The third kappa shape index (κ3) is 3.36. The van der Waals surface area contributed by atoms with Crippen molar-refractivity contribution in [3.8, 4) is 0 Å². The number of amides is 2. The number of anilines is 2. The molecule has 1 aliphatic rings. The van der Waals surface area contributed by atoms with Crippen LogP contribution in [0.3, 0.4) is 0 Å². The van der Waals surface area contributed by atoms with Crippen molar-refractivity contribution >= 4 is 39.1 Å². The van der Waals surface area contributed by atoms with Crippen LogP contribution < -0.4 is 10.2 Å². The van der Waals surface area contributed by atoms with E-state index >= 15 is 0 Å². The van der Waals surface area contributed by atoms with Crippen molar-refractivity contribution < 1.29 is 9.59 Å². The second kappa shape index (κ2) is 7.18. The smallest absolute Gasteiger partial charge is 0.229 e. The van der Waals surface area contributed by atoms with E-state index in [9.17, 15) is 9.59 Å². The van der Waals surface area contributed by atoms with Crippen molar-refractivity contribution in [1.29, 1.82) is 0 Å². The Morgan fingerprint density at radius 3 is 2.67 bits per heavy atom. The number of carbonyl (C=O) groups is 2. The number of carbonyl (C=O) groups excluding carboxylic acids is 2. The monoisotopic (exact) mass is 386 g/mol.